The summed E-state index contributed by atoms with van der Waals surface area (Å²) in [6, 6.07) is 15.4. The molecule has 0 aliphatic rings. The number of nitrogens with one attached hydrogen (secondary N) is 1. The Morgan fingerprint density at radius 2 is 1.77 bits per heavy atom. The van der Waals surface area contributed by atoms with Crippen LogP contribution in [0.1, 0.15) is 16.7 Å². The summed E-state index contributed by atoms with van der Waals surface area (Å²) in [4.78, 5) is 11.6. The lowest BCUT2D eigenvalue weighted by Crippen LogP contribution is -2.18. The number of methoxy groups -OCH3 is 1. The van der Waals surface area contributed by atoms with E-state index in [4.69, 9.17) is 9.47 Å². The molecule has 0 saturated heterocycles. The molecule has 0 aliphatic heterocycles. The van der Waals surface area contributed by atoms with Gasteiger partial charge >= 0.3 is 6.09 Å². The van der Waals surface area contributed by atoms with E-state index in [1.807, 2.05) is 61.5 Å². The summed E-state index contributed by atoms with van der Waals surface area (Å²) in [6.07, 6.45) is 2.90. The first-order valence-corrected chi connectivity index (χ1v) is 6.97. The van der Waals surface area contributed by atoms with Crippen LogP contribution in [0, 0.1) is 6.92 Å². The quantitative estimate of drug-likeness (QED) is 0.910. The minimum Gasteiger partial charge on any atom is -0.497 e. The van der Waals surface area contributed by atoms with E-state index in [9.17, 15) is 4.79 Å². The molecule has 0 aliphatic carbocycles. The van der Waals surface area contributed by atoms with E-state index in [1.165, 1.54) is 5.56 Å². The summed E-state index contributed by atoms with van der Waals surface area (Å²) in [7, 11) is 1.61. The van der Waals surface area contributed by atoms with Gasteiger partial charge in [-0.2, -0.15) is 0 Å². The van der Waals surface area contributed by atoms with Gasteiger partial charge in [-0.1, -0.05) is 42.0 Å². The molecule has 0 aromatic heterocycles. The Hall–Kier alpha value is -2.75. The maximum absolute atomic E-state index is 11.6. The van der Waals surface area contributed by atoms with Crippen LogP contribution in [0.2, 0.25) is 0 Å². The van der Waals surface area contributed by atoms with Crippen LogP contribution in [0.5, 0.6) is 5.75 Å². The largest absolute Gasteiger partial charge is 0.497 e. The second-order valence-electron chi connectivity index (χ2n) is 4.81. The molecule has 0 unspecified atom stereocenters. The highest BCUT2D eigenvalue weighted by molar-refractivity contribution is 5.69. The van der Waals surface area contributed by atoms with E-state index in [2.05, 4.69) is 5.32 Å². The number of benzene rings is 2. The lowest BCUT2D eigenvalue weighted by atomic mass is 10.1. The first-order chi connectivity index (χ1) is 10.7. The van der Waals surface area contributed by atoms with Gasteiger partial charge in [0.1, 0.15) is 12.4 Å². The van der Waals surface area contributed by atoms with Gasteiger partial charge in [0.15, 0.2) is 0 Å². The molecule has 0 atom stereocenters. The summed E-state index contributed by atoms with van der Waals surface area (Å²) in [5, 5.41) is 2.57. The summed E-state index contributed by atoms with van der Waals surface area (Å²) < 4.78 is 10.2. The second kappa shape index (κ2) is 7.88. The van der Waals surface area contributed by atoms with Gasteiger partial charge in [0, 0.05) is 6.20 Å². The Kier molecular flexibility index (Phi) is 5.60. The highest BCUT2D eigenvalue weighted by Gasteiger charge is 2.00. The van der Waals surface area contributed by atoms with Gasteiger partial charge in [0.05, 0.1) is 7.11 Å². The van der Waals surface area contributed by atoms with E-state index in [1.54, 1.807) is 13.3 Å². The third-order valence-electron chi connectivity index (χ3n) is 3.08. The van der Waals surface area contributed by atoms with Crippen LogP contribution in [0.4, 0.5) is 4.79 Å². The second-order valence-corrected chi connectivity index (χ2v) is 4.81. The topological polar surface area (TPSA) is 47.6 Å². The molecule has 2 aromatic rings. The Balaban J connectivity index is 1.76. The van der Waals surface area contributed by atoms with Crippen molar-refractivity contribution in [3.05, 3.63) is 71.4 Å². The van der Waals surface area contributed by atoms with Crippen LogP contribution in [-0.4, -0.2) is 13.2 Å². The van der Waals surface area contributed by atoms with Gasteiger partial charge in [-0.15, -0.1) is 0 Å². The lowest BCUT2D eigenvalue weighted by molar-refractivity contribution is 0.143. The number of carbonyl (C=O) groups is 1. The van der Waals surface area contributed by atoms with Gasteiger partial charge in [-0.25, -0.2) is 4.79 Å². The van der Waals surface area contributed by atoms with Crippen molar-refractivity contribution < 1.29 is 14.3 Å². The van der Waals surface area contributed by atoms with E-state index in [-0.39, 0.29) is 6.61 Å². The first-order valence-electron chi connectivity index (χ1n) is 6.97. The minimum absolute atomic E-state index is 0.216. The maximum Gasteiger partial charge on any atom is 0.411 e. The number of ether oxygens (including phenoxy) is 2. The zero-order valence-corrected chi connectivity index (χ0v) is 12.7. The summed E-state index contributed by atoms with van der Waals surface area (Å²) >= 11 is 0. The fourth-order valence-corrected chi connectivity index (χ4v) is 1.80. The van der Waals surface area contributed by atoms with Crippen molar-refractivity contribution in [2.24, 2.45) is 0 Å². The van der Waals surface area contributed by atoms with E-state index >= 15 is 0 Å². The number of alkyl carbamates (subject to hydrolysis) is 1. The third-order valence-corrected chi connectivity index (χ3v) is 3.08. The van der Waals surface area contributed by atoms with Crippen molar-refractivity contribution in [3.8, 4) is 5.75 Å². The van der Waals surface area contributed by atoms with Crippen molar-refractivity contribution >= 4 is 12.2 Å². The predicted octanol–water partition coefficient (Wildman–Crippen LogP) is 3.90. The van der Waals surface area contributed by atoms with Gasteiger partial charge < -0.3 is 9.47 Å². The molecule has 1 N–H and O–H groups in total. The number of hydrogen-bond acceptors (Lipinski definition) is 3. The number of rotatable bonds is 5. The summed E-state index contributed by atoms with van der Waals surface area (Å²) in [5.41, 5.74) is 3.11. The molecule has 22 heavy (non-hydrogen) atoms. The average Bonchev–Trinajstić information content (AvgIpc) is 2.55. The SMILES string of the molecule is COc1ccc(COC(=O)N/C=C/c2ccc(C)cc2)cc1. The molecule has 0 spiro atoms. The molecule has 4 nitrogen and oxygen atoms in total. The molecule has 0 saturated carbocycles. The number of amides is 1. The fraction of sp³-hybridized carbons (Fsp3) is 0.167. The number of carbonyl (C=O) groups excluding carboxylic acids is 1. The molecular weight excluding hydrogens is 278 g/mol. The average molecular weight is 297 g/mol. The van der Waals surface area contributed by atoms with Crippen LogP contribution in [0.25, 0.3) is 6.08 Å². The number of hydrogen-bond donors (Lipinski definition) is 1. The fourth-order valence-electron chi connectivity index (χ4n) is 1.80. The van der Waals surface area contributed by atoms with Gasteiger partial charge in [0.2, 0.25) is 0 Å². The molecule has 4 heteroatoms. The Morgan fingerprint density at radius 3 is 2.41 bits per heavy atom. The highest BCUT2D eigenvalue weighted by Crippen LogP contribution is 2.12. The lowest BCUT2D eigenvalue weighted by Gasteiger charge is -2.05. The maximum atomic E-state index is 11.6. The Labute approximate surface area is 130 Å². The third kappa shape index (κ3) is 4.98. The Bertz CT molecular complexity index is 630. The Morgan fingerprint density at radius 1 is 1.09 bits per heavy atom. The summed E-state index contributed by atoms with van der Waals surface area (Å²) in [5.74, 6) is 0.772. The van der Waals surface area contributed by atoms with Gasteiger partial charge in [-0.3, -0.25) is 5.32 Å². The van der Waals surface area contributed by atoms with E-state index < -0.39 is 6.09 Å². The molecular formula is C18H19NO3. The zero-order valence-electron chi connectivity index (χ0n) is 12.7. The smallest absolute Gasteiger partial charge is 0.411 e. The van der Waals surface area contributed by atoms with E-state index in [0.29, 0.717) is 0 Å². The van der Waals surface area contributed by atoms with Crippen LogP contribution in [0.3, 0.4) is 0 Å². The molecule has 2 aromatic carbocycles. The molecule has 114 valence electrons. The van der Waals surface area contributed by atoms with Gasteiger partial charge in [-0.05, 0) is 36.3 Å². The first kappa shape index (κ1) is 15.6. The van der Waals surface area contributed by atoms with Crippen molar-refractivity contribution in [2.75, 3.05) is 7.11 Å². The van der Waals surface area contributed by atoms with Crippen molar-refractivity contribution in [2.45, 2.75) is 13.5 Å². The van der Waals surface area contributed by atoms with Gasteiger partial charge in [0.25, 0.3) is 0 Å². The van der Waals surface area contributed by atoms with Crippen LogP contribution >= 0.6 is 0 Å². The van der Waals surface area contributed by atoms with Crippen molar-refractivity contribution in [3.63, 3.8) is 0 Å². The monoisotopic (exact) mass is 297 g/mol. The van der Waals surface area contributed by atoms with Crippen LogP contribution in [0.15, 0.2) is 54.7 Å². The highest BCUT2D eigenvalue weighted by atomic mass is 16.5. The molecule has 0 bridgehead atoms. The molecule has 0 heterocycles. The van der Waals surface area contributed by atoms with Crippen molar-refractivity contribution in [1.82, 2.24) is 5.32 Å². The zero-order chi connectivity index (χ0) is 15.8. The van der Waals surface area contributed by atoms with Crippen LogP contribution in [-0.2, 0) is 11.3 Å². The summed E-state index contributed by atoms with van der Waals surface area (Å²) in [6.45, 7) is 2.25. The van der Waals surface area contributed by atoms with E-state index in [0.717, 1.165) is 16.9 Å². The van der Waals surface area contributed by atoms with Crippen LogP contribution < -0.4 is 10.1 Å². The molecule has 1 amide bonds. The molecule has 0 radical (unpaired) electrons. The van der Waals surface area contributed by atoms with Crippen molar-refractivity contribution in [1.29, 1.82) is 0 Å². The standard InChI is InChI=1S/C18H19NO3/c1-14-3-5-15(6-4-14)11-12-19-18(20)22-13-16-7-9-17(21-2)10-8-16/h3-12H,13H2,1-2H3,(H,19,20)/b12-11+. The normalized spacial score (nSPS) is 10.5. The predicted molar refractivity (Wildman–Crippen MR) is 86.5 cm³/mol. The minimum atomic E-state index is -0.487. The number of aryl methyl sites for hydroxylation is 1. The molecule has 2 rings (SSSR count). The molecule has 0 fully saturated rings.